The molecule has 2 rings (SSSR count). The molecule has 16 heavy (non-hydrogen) atoms. The van der Waals surface area contributed by atoms with E-state index in [1.165, 1.54) is 5.56 Å². The summed E-state index contributed by atoms with van der Waals surface area (Å²) in [4.78, 5) is 0. The van der Waals surface area contributed by atoms with Crippen LogP contribution in [0.4, 0.5) is 0 Å². The van der Waals surface area contributed by atoms with Gasteiger partial charge in [0.2, 0.25) is 0 Å². The largest absolute Gasteiger partial charge is 0.394 e. The summed E-state index contributed by atoms with van der Waals surface area (Å²) in [5.41, 5.74) is 6.62. The highest BCUT2D eigenvalue weighted by atomic mass is 35.5. The third kappa shape index (κ3) is 3.19. The molecule has 0 heterocycles. The molecule has 0 aromatic heterocycles. The first-order valence-electron chi connectivity index (χ1n) is 5.27. The molecule has 1 aromatic carbocycles. The molecule has 0 saturated heterocycles. The molecule has 0 radical (unpaired) electrons. The average molecular weight is 244 g/mol. The third-order valence-corrected chi connectivity index (χ3v) is 2.91. The number of ether oxygens (including phenoxy) is 1. The fourth-order valence-electron chi connectivity index (χ4n) is 1.88. The fraction of sp³-hybridized carbons (Fsp3) is 0.500. The second-order valence-corrected chi connectivity index (χ2v) is 4.35. The van der Waals surface area contributed by atoms with Gasteiger partial charge >= 0.3 is 0 Å². The molecular formula is C12H18ClNO2. The summed E-state index contributed by atoms with van der Waals surface area (Å²) in [5, 5.41) is 8.97. The minimum Gasteiger partial charge on any atom is -0.394 e. The van der Waals surface area contributed by atoms with E-state index in [2.05, 4.69) is 0 Å². The number of benzene rings is 1. The van der Waals surface area contributed by atoms with Gasteiger partial charge in [-0.15, -0.1) is 12.4 Å². The molecule has 0 unspecified atom stereocenters. The molecule has 4 heteroatoms. The minimum atomic E-state index is -0.388. The van der Waals surface area contributed by atoms with Gasteiger partial charge in [0.1, 0.15) is 0 Å². The number of aliphatic hydroxyl groups excluding tert-OH is 1. The van der Waals surface area contributed by atoms with Crippen molar-refractivity contribution in [3.05, 3.63) is 35.9 Å². The van der Waals surface area contributed by atoms with Crippen molar-refractivity contribution in [3.8, 4) is 0 Å². The molecule has 90 valence electrons. The lowest BCUT2D eigenvalue weighted by molar-refractivity contribution is -0.0664. The SMILES string of the molecule is Cl.NC1(CO)CC(OCc2ccccc2)C1. The number of rotatable bonds is 4. The van der Waals surface area contributed by atoms with Gasteiger partial charge in [0.05, 0.1) is 19.3 Å². The van der Waals surface area contributed by atoms with Gasteiger partial charge in [-0.3, -0.25) is 0 Å². The van der Waals surface area contributed by atoms with Gasteiger partial charge in [0.25, 0.3) is 0 Å². The maximum Gasteiger partial charge on any atom is 0.0720 e. The number of nitrogens with two attached hydrogens (primary N) is 1. The topological polar surface area (TPSA) is 55.5 Å². The smallest absolute Gasteiger partial charge is 0.0720 e. The first-order chi connectivity index (χ1) is 7.22. The van der Waals surface area contributed by atoms with Crippen LogP contribution in [0.5, 0.6) is 0 Å². The van der Waals surface area contributed by atoms with Crippen molar-refractivity contribution in [2.75, 3.05) is 6.61 Å². The van der Waals surface area contributed by atoms with E-state index in [0.717, 1.165) is 12.8 Å². The Morgan fingerprint density at radius 2 is 1.94 bits per heavy atom. The van der Waals surface area contributed by atoms with Crippen molar-refractivity contribution in [3.63, 3.8) is 0 Å². The maximum atomic E-state index is 8.97. The quantitative estimate of drug-likeness (QED) is 0.842. The van der Waals surface area contributed by atoms with E-state index < -0.39 is 0 Å². The van der Waals surface area contributed by atoms with Crippen LogP contribution in [0.1, 0.15) is 18.4 Å². The van der Waals surface area contributed by atoms with Gasteiger partial charge in [0, 0.05) is 5.54 Å². The Labute approximate surface area is 102 Å². The Kier molecular flexibility index (Phi) is 4.74. The summed E-state index contributed by atoms with van der Waals surface area (Å²) in [6, 6.07) is 10.1. The standard InChI is InChI=1S/C12H17NO2.ClH/c13-12(9-14)6-11(7-12)15-8-10-4-2-1-3-5-10;/h1-5,11,14H,6-9,13H2;1H. The van der Waals surface area contributed by atoms with Gasteiger partial charge < -0.3 is 15.6 Å². The summed E-state index contributed by atoms with van der Waals surface area (Å²) in [6.07, 6.45) is 1.73. The molecule has 1 aromatic rings. The maximum absolute atomic E-state index is 8.97. The number of aliphatic hydroxyl groups is 1. The fourth-order valence-corrected chi connectivity index (χ4v) is 1.88. The van der Waals surface area contributed by atoms with E-state index in [4.69, 9.17) is 15.6 Å². The van der Waals surface area contributed by atoms with Gasteiger partial charge in [-0.2, -0.15) is 0 Å². The summed E-state index contributed by atoms with van der Waals surface area (Å²) < 4.78 is 5.67. The van der Waals surface area contributed by atoms with E-state index in [9.17, 15) is 0 Å². The zero-order valence-corrected chi connectivity index (χ0v) is 9.95. The molecule has 1 aliphatic carbocycles. The first-order valence-corrected chi connectivity index (χ1v) is 5.27. The number of halogens is 1. The van der Waals surface area contributed by atoms with Crippen LogP contribution in [0.3, 0.4) is 0 Å². The van der Waals surface area contributed by atoms with Crippen molar-refractivity contribution in [2.24, 2.45) is 5.73 Å². The Balaban J connectivity index is 0.00000128. The van der Waals surface area contributed by atoms with Crippen molar-refractivity contribution in [2.45, 2.75) is 31.1 Å². The predicted molar refractivity (Wildman–Crippen MR) is 65.5 cm³/mol. The van der Waals surface area contributed by atoms with Crippen LogP contribution in [0.25, 0.3) is 0 Å². The molecular weight excluding hydrogens is 226 g/mol. The van der Waals surface area contributed by atoms with E-state index in [1.807, 2.05) is 30.3 Å². The zero-order valence-electron chi connectivity index (χ0n) is 9.13. The van der Waals surface area contributed by atoms with Gasteiger partial charge in [-0.25, -0.2) is 0 Å². The Bertz CT molecular complexity index is 312. The molecule has 0 amide bonds. The van der Waals surface area contributed by atoms with Crippen molar-refractivity contribution >= 4 is 12.4 Å². The predicted octanol–water partition coefficient (Wildman–Crippen LogP) is 1.48. The van der Waals surface area contributed by atoms with E-state index >= 15 is 0 Å². The lowest BCUT2D eigenvalue weighted by Crippen LogP contribution is -2.57. The van der Waals surface area contributed by atoms with Gasteiger partial charge in [-0.1, -0.05) is 30.3 Å². The number of hydrogen-bond acceptors (Lipinski definition) is 3. The van der Waals surface area contributed by atoms with E-state index in [-0.39, 0.29) is 30.7 Å². The van der Waals surface area contributed by atoms with Crippen LogP contribution in [-0.4, -0.2) is 23.4 Å². The van der Waals surface area contributed by atoms with Crippen molar-refractivity contribution < 1.29 is 9.84 Å². The normalized spacial score (nSPS) is 28.0. The Morgan fingerprint density at radius 1 is 1.31 bits per heavy atom. The Morgan fingerprint density at radius 3 is 2.50 bits per heavy atom. The summed E-state index contributed by atoms with van der Waals surface area (Å²) in [5.74, 6) is 0. The van der Waals surface area contributed by atoms with Gasteiger partial charge in [0.15, 0.2) is 0 Å². The minimum absolute atomic E-state index is 0. The highest BCUT2D eigenvalue weighted by molar-refractivity contribution is 5.85. The van der Waals surface area contributed by atoms with Gasteiger partial charge in [-0.05, 0) is 18.4 Å². The average Bonchev–Trinajstić information content (AvgIpc) is 2.24. The summed E-state index contributed by atoms with van der Waals surface area (Å²) >= 11 is 0. The van der Waals surface area contributed by atoms with Crippen LogP contribution in [0.15, 0.2) is 30.3 Å². The monoisotopic (exact) mass is 243 g/mol. The van der Waals surface area contributed by atoms with Crippen LogP contribution in [0, 0.1) is 0 Å². The molecule has 1 saturated carbocycles. The second-order valence-electron chi connectivity index (χ2n) is 4.35. The van der Waals surface area contributed by atoms with E-state index in [1.54, 1.807) is 0 Å². The molecule has 1 aliphatic rings. The van der Waals surface area contributed by atoms with Crippen molar-refractivity contribution in [1.29, 1.82) is 0 Å². The summed E-state index contributed by atoms with van der Waals surface area (Å²) in [6.45, 7) is 0.686. The molecule has 0 spiro atoms. The molecule has 0 bridgehead atoms. The lowest BCUT2D eigenvalue weighted by atomic mass is 9.76. The van der Waals surface area contributed by atoms with Crippen LogP contribution in [0.2, 0.25) is 0 Å². The second kappa shape index (κ2) is 5.64. The van der Waals surface area contributed by atoms with Crippen molar-refractivity contribution in [1.82, 2.24) is 0 Å². The highest BCUT2D eigenvalue weighted by Gasteiger charge is 2.41. The summed E-state index contributed by atoms with van der Waals surface area (Å²) in [7, 11) is 0. The van der Waals surface area contributed by atoms with E-state index in [0.29, 0.717) is 6.61 Å². The first kappa shape index (κ1) is 13.5. The Hall–Kier alpha value is -0.610. The molecule has 0 aliphatic heterocycles. The molecule has 0 atom stereocenters. The van der Waals surface area contributed by atoms with Crippen LogP contribution < -0.4 is 5.73 Å². The molecule has 3 nitrogen and oxygen atoms in total. The molecule has 3 N–H and O–H groups in total. The third-order valence-electron chi connectivity index (χ3n) is 2.91. The van der Waals surface area contributed by atoms with Crippen LogP contribution >= 0.6 is 12.4 Å². The molecule has 1 fully saturated rings. The van der Waals surface area contributed by atoms with Crippen LogP contribution in [-0.2, 0) is 11.3 Å². The highest BCUT2D eigenvalue weighted by Crippen LogP contribution is 2.32. The lowest BCUT2D eigenvalue weighted by Gasteiger charge is -2.43. The number of hydrogen-bond donors (Lipinski definition) is 2. The zero-order chi connectivity index (χ0) is 10.7.